The van der Waals surface area contributed by atoms with E-state index in [2.05, 4.69) is 15.9 Å². The van der Waals surface area contributed by atoms with Gasteiger partial charge in [-0.25, -0.2) is 19.3 Å². The summed E-state index contributed by atoms with van der Waals surface area (Å²) in [5.41, 5.74) is 0.181. The Morgan fingerprint density at radius 2 is 1.46 bits per heavy atom. The zero-order chi connectivity index (χ0) is 21.7. The number of rotatable bonds is 4. The molecule has 1 rings (SSSR count). The highest BCUT2D eigenvalue weighted by Gasteiger charge is 2.31. The molecule has 8 heteroatoms. The molecule has 1 aromatic carbocycles. The maximum absolute atomic E-state index is 12.6. The normalized spacial score (nSPS) is 11.6. The lowest BCUT2D eigenvalue weighted by Gasteiger charge is -2.28. The van der Waals surface area contributed by atoms with Crippen molar-refractivity contribution < 1.29 is 28.6 Å². The van der Waals surface area contributed by atoms with Gasteiger partial charge in [-0.1, -0.05) is 28.1 Å². The Bertz CT molecular complexity index is 705. The fraction of sp³-hybridized carbons (Fsp3) is 0.550. The van der Waals surface area contributed by atoms with E-state index in [1.807, 2.05) is 0 Å². The van der Waals surface area contributed by atoms with E-state index in [9.17, 15) is 14.4 Å². The molecule has 156 valence electrons. The van der Waals surface area contributed by atoms with Gasteiger partial charge in [0.2, 0.25) is 0 Å². The summed E-state index contributed by atoms with van der Waals surface area (Å²) in [4.78, 5) is 37.9. The lowest BCUT2D eigenvalue weighted by molar-refractivity contribution is -0.000296. The molecule has 0 aliphatic rings. The van der Waals surface area contributed by atoms with Crippen LogP contribution in [0.5, 0.6) is 0 Å². The van der Waals surface area contributed by atoms with E-state index in [1.165, 1.54) is 7.11 Å². The van der Waals surface area contributed by atoms with Crippen molar-refractivity contribution in [3.8, 4) is 0 Å². The fourth-order valence-electron chi connectivity index (χ4n) is 2.19. The molecule has 0 atom stereocenters. The third kappa shape index (κ3) is 7.50. The van der Waals surface area contributed by atoms with Crippen molar-refractivity contribution in [1.29, 1.82) is 0 Å². The summed E-state index contributed by atoms with van der Waals surface area (Å²) >= 11 is 3.34. The highest BCUT2D eigenvalue weighted by Crippen LogP contribution is 2.20. The molecule has 0 heterocycles. The molecule has 0 aliphatic carbocycles. The van der Waals surface area contributed by atoms with E-state index >= 15 is 0 Å². The number of carbonyl (C=O) groups is 3. The van der Waals surface area contributed by atoms with Gasteiger partial charge < -0.3 is 14.2 Å². The number of hydrogen-bond donors (Lipinski definition) is 0. The predicted molar refractivity (Wildman–Crippen MR) is 108 cm³/mol. The average molecular weight is 458 g/mol. The van der Waals surface area contributed by atoms with Crippen LogP contribution in [-0.4, -0.2) is 41.4 Å². The molecule has 0 bridgehead atoms. The molecule has 28 heavy (non-hydrogen) atoms. The molecule has 2 amide bonds. The molecular weight excluding hydrogens is 430 g/mol. The van der Waals surface area contributed by atoms with E-state index in [0.717, 1.165) is 4.90 Å². The molecule has 0 N–H and O–H groups in total. The van der Waals surface area contributed by atoms with Crippen LogP contribution in [0.3, 0.4) is 0 Å². The predicted octanol–water partition coefficient (Wildman–Crippen LogP) is 5.04. The third-order valence-corrected chi connectivity index (χ3v) is 3.89. The lowest BCUT2D eigenvalue weighted by Crippen LogP contribution is -2.43. The fourth-order valence-corrected chi connectivity index (χ4v) is 2.65. The van der Waals surface area contributed by atoms with E-state index in [4.69, 9.17) is 14.2 Å². The highest BCUT2D eigenvalue weighted by molar-refractivity contribution is 9.08. The first-order valence-corrected chi connectivity index (χ1v) is 9.89. The number of hydrogen-bond acceptors (Lipinski definition) is 6. The van der Waals surface area contributed by atoms with Crippen LogP contribution in [0.2, 0.25) is 0 Å². The topological polar surface area (TPSA) is 82.1 Å². The number of carbonyl (C=O) groups excluding carboxylic acids is 3. The molecule has 1 aromatic rings. The van der Waals surface area contributed by atoms with Crippen molar-refractivity contribution in [3.63, 3.8) is 0 Å². The van der Waals surface area contributed by atoms with Crippen LogP contribution in [0.15, 0.2) is 18.2 Å². The summed E-state index contributed by atoms with van der Waals surface area (Å²) in [7, 11) is 1.31. The summed E-state index contributed by atoms with van der Waals surface area (Å²) in [5, 5.41) is 0.407. The van der Waals surface area contributed by atoms with Gasteiger partial charge in [-0.05, 0) is 58.7 Å². The van der Waals surface area contributed by atoms with Gasteiger partial charge in [0.15, 0.2) is 0 Å². The number of benzene rings is 1. The minimum Gasteiger partial charge on any atom is -0.465 e. The van der Waals surface area contributed by atoms with Crippen LogP contribution >= 0.6 is 15.9 Å². The molecule has 0 unspecified atom stereocenters. The Kier molecular flexibility index (Phi) is 8.05. The molecular formula is C20H28BrNO6. The van der Waals surface area contributed by atoms with Gasteiger partial charge in [-0.15, -0.1) is 0 Å². The maximum Gasteiger partial charge on any atom is 0.420 e. The maximum atomic E-state index is 12.6. The number of alkyl halides is 1. The van der Waals surface area contributed by atoms with E-state index in [0.29, 0.717) is 22.0 Å². The summed E-state index contributed by atoms with van der Waals surface area (Å²) in [6.07, 6.45) is -1.61. The Morgan fingerprint density at radius 3 is 1.86 bits per heavy atom. The molecule has 0 spiro atoms. The molecule has 7 nitrogen and oxygen atoms in total. The first-order chi connectivity index (χ1) is 12.8. The molecule has 0 aromatic heterocycles. The molecule has 0 saturated heterocycles. The zero-order valence-corrected chi connectivity index (χ0v) is 19.0. The summed E-state index contributed by atoms with van der Waals surface area (Å²) < 4.78 is 15.5. The van der Waals surface area contributed by atoms with Crippen LogP contribution < -0.4 is 0 Å². The van der Waals surface area contributed by atoms with Crippen LogP contribution in [0.25, 0.3) is 0 Å². The van der Waals surface area contributed by atoms with Crippen molar-refractivity contribution in [2.45, 2.75) is 64.6 Å². The highest BCUT2D eigenvalue weighted by atomic mass is 79.9. The van der Waals surface area contributed by atoms with Gasteiger partial charge in [-0.2, -0.15) is 0 Å². The zero-order valence-electron chi connectivity index (χ0n) is 17.4. The monoisotopic (exact) mass is 457 g/mol. The second kappa shape index (κ2) is 9.41. The van der Waals surface area contributed by atoms with Crippen molar-refractivity contribution in [3.05, 3.63) is 34.9 Å². The molecule has 0 fully saturated rings. The number of amides is 2. The van der Waals surface area contributed by atoms with Gasteiger partial charge in [-0.3, -0.25) is 0 Å². The number of imide groups is 1. The minimum atomic E-state index is -0.806. The standard InChI is InChI=1S/C20H28BrNO6/c1-19(2,3)27-17(24)22(18(25)28-20(4,5)6)12-13-8-9-15(16(23)26-7)14(10-13)11-21/h8-10H,11-12H2,1-7H3. The first kappa shape index (κ1) is 23.9. The summed E-state index contributed by atoms with van der Waals surface area (Å²) in [6.45, 7) is 10.2. The number of esters is 1. The van der Waals surface area contributed by atoms with Crippen LogP contribution in [0.4, 0.5) is 9.59 Å². The van der Waals surface area contributed by atoms with E-state index in [1.54, 1.807) is 59.7 Å². The number of nitrogens with zero attached hydrogens (tertiary/aromatic N) is 1. The Labute approximate surface area is 174 Å². The molecule has 0 aliphatic heterocycles. The Morgan fingerprint density at radius 1 is 0.964 bits per heavy atom. The summed E-state index contributed by atoms with van der Waals surface area (Å²) in [5.74, 6) is -0.461. The van der Waals surface area contributed by atoms with E-state index in [-0.39, 0.29) is 6.54 Å². The van der Waals surface area contributed by atoms with Gasteiger partial charge in [0.05, 0.1) is 19.2 Å². The molecule has 0 saturated carbocycles. The summed E-state index contributed by atoms with van der Waals surface area (Å²) in [6, 6.07) is 4.98. The number of ether oxygens (including phenoxy) is 3. The van der Waals surface area contributed by atoms with Gasteiger partial charge in [0.1, 0.15) is 11.2 Å². The van der Waals surface area contributed by atoms with Crippen molar-refractivity contribution in [2.24, 2.45) is 0 Å². The lowest BCUT2D eigenvalue weighted by atomic mass is 10.0. The average Bonchev–Trinajstić information content (AvgIpc) is 2.55. The quantitative estimate of drug-likeness (QED) is 0.357. The Balaban J connectivity index is 3.20. The van der Waals surface area contributed by atoms with Gasteiger partial charge in [0.25, 0.3) is 0 Å². The number of halogens is 1. The second-order valence-corrected chi connectivity index (χ2v) is 8.72. The third-order valence-electron chi connectivity index (χ3n) is 3.29. The second-order valence-electron chi connectivity index (χ2n) is 8.16. The van der Waals surface area contributed by atoms with Crippen molar-refractivity contribution in [2.75, 3.05) is 7.11 Å². The first-order valence-electron chi connectivity index (χ1n) is 8.77. The van der Waals surface area contributed by atoms with Crippen LogP contribution in [0, 0.1) is 0 Å². The van der Waals surface area contributed by atoms with Crippen molar-refractivity contribution in [1.82, 2.24) is 4.90 Å². The largest absolute Gasteiger partial charge is 0.465 e. The smallest absolute Gasteiger partial charge is 0.420 e. The molecule has 0 radical (unpaired) electrons. The van der Waals surface area contributed by atoms with Crippen molar-refractivity contribution >= 4 is 34.1 Å². The van der Waals surface area contributed by atoms with Crippen LogP contribution in [-0.2, 0) is 26.1 Å². The van der Waals surface area contributed by atoms with E-state index < -0.39 is 29.4 Å². The van der Waals surface area contributed by atoms with Crippen LogP contribution in [0.1, 0.15) is 63.0 Å². The minimum absolute atomic E-state index is 0.0642. The van der Waals surface area contributed by atoms with Gasteiger partial charge >= 0.3 is 18.2 Å². The van der Waals surface area contributed by atoms with Gasteiger partial charge in [0, 0.05) is 5.33 Å². The SMILES string of the molecule is COC(=O)c1ccc(CN(C(=O)OC(C)(C)C)C(=O)OC(C)(C)C)cc1CBr. The Hall–Kier alpha value is -2.09. The number of methoxy groups -OCH3 is 1.